The number of rotatable bonds is 0. The summed E-state index contributed by atoms with van der Waals surface area (Å²) in [5, 5.41) is 0. The molecule has 9 heavy (non-hydrogen) atoms. The first-order valence-electron chi connectivity index (χ1n) is 3.43. The number of nitrogens with zero attached hydrogens (tertiary/aromatic N) is 1. The Hall–Kier alpha value is -0.340. The molecule has 0 amide bonds. The molecule has 2 aliphatic rings. The molecule has 0 aromatic heterocycles. The molecule has 1 heterocycles. The van der Waals surface area contributed by atoms with Crippen molar-refractivity contribution >= 4 is 0 Å². The summed E-state index contributed by atoms with van der Waals surface area (Å²) in [6.07, 6.45) is 2.26. The molecule has 0 aromatic rings. The van der Waals surface area contributed by atoms with Gasteiger partial charge in [-0.1, -0.05) is 6.08 Å². The molecule has 2 heteroatoms. The van der Waals surface area contributed by atoms with Gasteiger partial charge in [0.25, 0.3) is 0 Å². The smallest absolute Gasteiger partial charge is 0.0337 e. The molecule has 1 aliphatic heterocycles. The fraction of sp³-hybridized carbons (Fsp3) is 0.714. The molecule has 0 bridgehead atoms. The van der Waals surface area contributed by atoms with E-state index < -0.39 is 0 Å². The highest BCUT2D eigenvalue weighted by Crippen LogP contribution is 2.38. The molecule has 2 rings (SSSR count). The first-order chi connectivity index (χ1) is 4.29. The van der Waals surface area contributed by atoms with Crippen LogP contribution in [0.4, 0.5) is 0 Å². The Morgan fingerprint density at radius 3 is 3.11 bits per heavy atom. The topological polar surface area (TPSA) is 29.3 Å². The zero-order valence-electron chi connectivity index (χ0n) is 5.67. The Kier molecular flexibility index (Phi) is 0.957. The SMILES string of the molecule is CN1CC=C2C(N)C2C1. The van der Waals surface area contributed by atoms with Gasteiger partial charge in [0, 0.05) is 25.0 Å². The minimum absolute atomic E-state index is 0.412. The van der Waals surface area contributed by atoms with Crippen LogP contribution >= 0.6 is 0 Å². The molecule has 0 saturated heterocycles. The van der Waals surface area contributed by atoms with Gasteiger partial charge in [-0.2, -0.15) is 0 Å². The lowest BCUT2D eigenvalue weighted by atomic mass is 10.3. The lowest BCUT2D eigenvalue weighted by Gasteiger charge is -2.15. The first-order valence-corrected chi connectivity index (χ1v) is 3.43. The molecule has 0 aromatic carbocycles. The van der Waals surface area contributed by atoms with Crippen molar-refractivity contribution in [3.63, 3.8) is 0 Å². The van der Waals surface area contributed by atoms with Crippen LogP contribution in [0.2, 0.25) is 0 Å². The van der Waals surface area contributed by atoms with Gasteiger partial charge in [-0.3, -0.25) is 0 Å². The molecule has 50 valence electrons. The molecule has 0 radical (unpaired) electrons. The number of fused-ring (bicyclic) bond motifs is 1. The van der Waals surface area contributed by atoms with Gasteiger partial charge in [-0.05, 0) is 12.6 Å². The Morgan fingerprint density at radius 2 is 2.56 bits per heavy atom. The van der Waals surface area contributed by atoms with Crippen LogP contribution in [0.5, 0.6) is 0 Å². The van der Waals surface area contributed by atoms with Gasteiger partial charge < -0.3 is 10.6 Å². The third kappa shape index (κ3) is 0.705. The van der Waals surface area contributed by atoms with Gasteiger partial charge in [-0.25, -0.2) is 0 Å². The summed E-state index contributed by atoms with van der Waals surface area (Å²) in [6.45, 7) is 2.27. The summed E-state index contributed by atoms with van der Waals surface area (Å²) in [5.41, 5.74) is 7.23. The predicted octanol–water partition coefficient (Wildman–Crippen LogP) is -0.185. The van der Waals surface area contributed by atoms with Crippen molar-refractivity contribution in [2.45, 2.75) is 6.04 Å². The molecule has 2 N–H and O–H groups in total. The van der Waals surface area contributed by atoms with Crippen LogP contribution in [0.15, 0.2) is 11.6 Å². The minimum atomic E-state index is 0.412. The maximum absolute atomic E-state index is 5.74. The monoisotopic (exact) mass is 124 g/mol. The summed E-state index contributed by atoms with van der Waals surface area (Å²) in [7, 11) is 2.14. The highest BCUT2D eigenvalue weighted by atomic mass is 15.1. The number of nitrogens with two attached hydrogens (primary N) is 1. The standard InChI is InChI=1S/C7H12N2/c1-9-3-2-5-6(4-9)7(5)8/h2,6-7H,3-4,8H2,1H3. The molecular formula is C7H12N2. The zero-order valence-corrected chi connectivity index (χ0v) is 5.67. The van der Waals surface area contributed by atoms with E-state index in [-0.39, 0.29) is 0 Å². The minimum Gasteiger partial charge on any atom is -0.324 e. The van der Waals surface area contributed by atoms with E-state index >= 15 is 0 Å². The molecule has 2 nitrogen and oxygen atoms in total. The van der Waals surface area contributed by atoms with Crippen LogP contribution in [0.1, 0.15) is 0 Å². The highest BCUT2D eigenvalue weighted by molar-refractivity contribution is 5.36. The van der Waals surface area contributed by atoms with E-state index in [0.29, 0.717) is 12.0 Å². The average molecular weight is 124 g/mol. The van der Waals surface area contributed by atoms with Crippen molar-refractivity contribution in [2.24, 2.45) is 11.7 Å². The number of hydrogen-bond donors (Lipinski definition) is 1. The number of likely N-dealkylation sites (N-methyl/N-ethyl adjacent to an activating group) is 1. The summed E-state index contributed by atoms with van der Waals surface area (Å²) < 4.78 is 0. The van der Waals surface area contributed by atoms with Crippen molar-refractivity contribution in [1.29, 1.82) is 0 Å². The molecular weight excluding hydrogens is 112 g/mol. The van der Waals surface area contributed by atoms with Crippen LogP contribution in [0.25, 0.3) is 0 Å². The fourth-order valence-corrected chi connectivity index (χ4v) is 1.54. The van der Waals surface area contributed by atoms with Gasteiger partial charge in [0.15, 0.2) is 0 Å². The molecule has 1 fully saturated rings. The number of hydrogen-bond acceptors (Lipinski definition) is 2. The van der Waals surface area contributed by atoms with Crippen LogP contribution in [0.3, 0.4) is 0 Å². The lowest BCUT2D eigenvalue weighted by molar-refractivity contribution is 0.346. The fourth-order valence-electron chi connectivity index (χ4n) is 1.54. The lowest BCUT2D eigenvalue weighted by Crippen LogP contribution is -2.24. The Bertz CT molecular complexity index is 162. The van der Waals surface area contributed by atoms with Crippen molar-refractivity contribution in [1.82, 2.24) is 4.90 Å². The van der Waals surface area contributed by atoms with E-state index in [4.69, 9.17) is 5.73 Å². The van der Waals surface area contributed by atoms with E-state index in [1.54, 1.807) is 0 Å². The largest absolute Gasteiger partial charge is 0.324 e. The van der Waals surface area contributed by atoms with Crippen LogP contribution in [0, 0.1) is 5.92 Å². The second-order valence-electron chi connectivity index (χ2n) is 3.06. The Labute approximate surface area is 55.3 Å². The summed E-state index contributed by atoms with van der Waals surface area (Å²) >= 11 is 0. The molecule has 0 spiro atoms. The van der Waals surface area contributed by atoms with E-state index in [9.17, 15) is 0 Å². The summed E-state index contributed by atoms with van der Waals surface area (Å²) in [5.74, 6) is 0.712. The maximum atomic E-state index is 5.74. The third-order valence-electron chi connectivity index (χ3n) is 2.28. The first kappa shape index (κ1) is 5.45. The Balaban J connectivity index is 2.12. The van der Waals surface area contributed by atoms with Gasteiger partial charge in [0.05, 0.1) is 0 Å². The van der Waals surface area contributed by atoms with Crippen molar-refractivity contribution in [2.75, 3.05) is 20.1 Å². The third-order valence-corrected chi connectivity index (χ3v) is 2.28. The van der Waals surface area contributed by atoms with Crippen LogP contribution in [-0.2, 0) is 0 Å². The van der Waals surface area contributed by atoms with E-state index in [1.165, 1.54) is 12.1 Å². The van der Waals surface area contributed by atoms with Crippen molar-refractivity contribution in [3.05, 3.63) is 11.6 Å². The molecule has 1 saturated carbocycles. The molecule has 2 atom stereocenters. The van der Waals surface area contributed by atoms with Crippen molar-refractivity contribution in [3.8, 4) is 0 Å². The van der Waals surface area contributed by atoms with Gasteiger partial charge in [-0.15, -0.1) is 0 Å². The van der Waals surface area contributed by atoms with Crippen LogP contribution in [-0.4, -0.2) is 31.1 Å². The average Bonchev–Trinajstić information content (AvgIpc) is 2.43. The molecule has 1 aliphatic carbocycles. The Morgan fingerprint density at radius 1 is 1.78 bits per heavy atom. The van der Waals surface area contributed by atoms with Gasteiger partial charge in [0.1, 0.15) is 0 Å². The second-order valence-corrected chi connectivity index (χ2v) is 3.06. The maximum Gasteiger partial charge on any atom is 0.0337 e. The predicted molar refractivity (Wildman–Crippen MR) is 37.0 cm³/mol. The quantitative estimate of drug-likeness (QED) is 0.454. The summed E-state index contributed by atoms with van der Waals surface area (Å²) in [4.78, 5) is 2.31. The van der Waals surface area contributed by atoms with Gasteiger partial charge in [0.2, 0.25) is 0 Å². The summed E-state index contributed by atoms with van der Waals surface area (Å²) in [6, 6.07) is 0.412. The second kappa shape index (κ2) is 1.58. The van der Waals surface area contributed by atoms with Crippen LogP contribution < -0.4 is 5.73 Å². The van der Waals surface area contributed by atoms with E-state index in [2.05, 4.69) is 18.0 Å². The normalized spacial score (nSPS) is 41.8. The van der Waals surface area contributed by atoms with Gasteiger partial charge >= 0.3 is 0 Å². The highest BCUT2D eigenvalue weighted by Gasteiger charge is 2.42. The van der Waals surface area contributed by atoms with E-state index in [1.807, 2.05) is 0 Å². The van der Waals surface area contributed by atoms with E-state index in [0.717, 1.165) is 6.54 Å². The zero-order chi connectivity index (χ0) is 6.43. The van der Waals surface area contributed by atoms with Crippen molar-refractivity contribution < 1.29 is 0 Å². The molecule has 2 unspecified atom stereocenters.